The van der Waals surface area contributed by atoms with Gasteiger partial charge in [-0.05, 0) is 0 Å². The van der Waals surface area contributed by atoms with Crippen LogP contribution in [-0.4, -0.2) is 18.1 Å². The first-order valence-electron chi connectivity index (χ1n) is 3.10. The first kappa shape index (κ1) is 9.80. The summed E-state index contributed by atoms with van der Waals surface area (Å²) in [6, 6.07) is 0. The average Bonchev–Trinajstić information content (AvgIpc) is 1.89. The predicted octanol–water partition coefficient (Wildman–Crippen LogP) is 1.03. The summed E-state index contributed by atoms with van der Waals surface area (Å²) < 4.78 is 9.46. The molecule has 0 saturated heterocycles. The topological polar surface area (TPSA) is 62.5 Å². The minimum atomic E-state index is -3.42. The molecule has 1 N–H and O–H groups in total. The average molecular weight is 165 g/mol. The molecule has 5 heteroatoms. The number of nitriles is 1. The van der Waals surface area contributed by atoms with Crippen LogP contribution in [0.1, 0.15) is 13.8 Å². The van der Waals surface area contributed by atoms with Crippen LogP contribution >= 0.6 is 7.94 Å². The molecule has 0 unspecified atom stereocenters. The van der Waals surface area contributed by atoms with Gasteiger partial charge in [-0.2, -0.15) is 0 Å². The molecular formula is C5H12NO3P. The summed E-state index contributed by atoms with van der Waals surface area (Å²) in [5, 5.41) is 8.36. The van der Waals surface area contributed by atoms with Gasteiger partial charge in [0.1, 0.15) is 0 Å². The molecule has 4 nitrogen and oxygen atoms in total. The van der Waals surface area contributed by atoms with E-state index in [-0.39, 0.29) is 0 Å². The molecule has 0 heterocycles. The van der Waals surface area contributed by atoms with Crippen LogP contribution in [0.15, 0.2) is 0 Å². The van der Waals surface area contributed by atoms with E-state index in [1.54, 1.807) is 19.7 Å². The number of rotatable bonds is 4. The molecule has 60 valence electrons. The molecule has 0 aliphatic rings. The summed E-state index contributed by atoms with van der Waals surface area (Å²) in [4.78, 5) is 9.15. The van der Waals surface area contributed by atoms with Crippen LogP contribution in [0, 0.1) is 11.1 Å². The zero-order valence-electron chi connectivity index (χ0n) is 6.13. The molecule has 0 bridgehead atoms. The Morgan fingerprint density at radius 2 is 1.80 bits per heavy atom. The first-order chi connectivity index (χ1) is 4.68. The van der Waals surface area contributed by atoms with E-state index < -0.39 is 7.94 Å². The fourth-order valence-corrected chi connectivity index (χ4v) is 1.49. The molecule has 0 radical (unpaired) electrons. The Morgan fingerprint density at radius 1 is 1.40 bits per heavy atom. The van der Waals surface area contributed by atoms with Crippen LogP contribution in [0.3, 0.4) is 0 Å². The fourth-order valence-electron chi connectivity index (χ4n) is 0.498. The Bertz CT molecular complexity index is 127. The Kier molecular flexibility index (Phi) is 4.50. The second-order valence-corrected chi connectivity index (χ2v) is 3.52. The van der Waals surface area contributed by atoms with Crippen molar-refractivity contribution in [3.05, 3.63) is 0 Å². The zero-order chi connectivity index (χ0) is 8.04. The fraction of sp³-hybridized carbons (Fsp3) is 0.800. The van der Waals surface area contributed by atoms with Gasteiger partial charge in [0, 0.05) is 0 Å². The van der Waals surface area contributed by atoms with Crippen molar-refractivity contribution in [2.75, 3.05) is 13.2 Å². The van der Waals surface area contributed by atoms with Crippen molar-refractivity contribution in [1.82, 2.24) is 0 Å². The van der Waals surface area contributed by atoms with Crippen LogP contribution in [0.25, 0.3) is 0 Å². The van der Waals surface area contributed by atoms with Crippen molar-refractivity contribution in [3.8, 4) is 5.81 Å². The summed E-state index contributed by atoms with van der Waals surface area (Å²) in [6.45, 7) is 4.01. The number of hydrogen-bond donors (Lipinski definition) is 1. The van der Waals surface area contributed by atoms with Gasteiger partial charge < -0.3 is 0 Å². The molecule has 0 aromatic rings. The maximum absolute atomic E-state index is 9.15. The quantitative estimate of drug-likeness (QED) is 0.632. The van der Waals surface area contributed by atoms with Crippen LogP contribution in [0.5, 0.6) is 0 Å². The minimum absolute atomic E-state index is 0.302. The third-order valence-corrected chi connectivity index (χ3v) is 2.46. The summed E-state index contributed by atoms with van der Waals surface area (Å²) >= 11 is 0. The van der Waals surface area contributed by atoms with E-state index in [4.69, 9.17) is 19.2 Å². The van der Waals surface area contributed by atoms with E-state index in [0.717, 1.165) is 0 Å². The standard InChI is InChI=1S/C5H12NO3P/c1-3-8-10(7,5-6)9-4-2/h7,10H,3-4H2,1-2H3. The van der Waals surface area contributed by atoms with Crippen molar-refractivity contribution in [2.45, 2.75) is 13.8 Å². The Labute approximate surface area is 61.0 Å². The molecule has 0 fully saturated rings. The molecular weight excluding hydrogens is 153 g/mol. The van der Waals surface area contributed by atoms with Gasteiger partial charge in [0.15, 0.2) is 0 Å². The number of hydrogen-bond acceptors (Lipinski definition) is 4. The molecule has 0 amide bonds. The molecule has 0 aromatic heterocycles. The van der Waals surface area contributed by atoms with Gasteiger partial charge in [-0.3, -0.25) is 0 Å². The summed E-state index contributed by atoms with van der Waals surface area (Å²) in [5.74, 6) is 1.63. The van der Waals surface area contributed by atoms with Crippen molar-refractivity contribution in [1.29, 1.82) is 5.26 Å². The Balaban J connectivity index is 3.85. The SMILES string of the molecule is CCO[PH](O)(C#N)OCC. The van der Waals surface area contributed by atoms with Gasteiger partial charge in [0.05, 0.1) is 0 Å². The van der Waals surface area contributed by atoms with Crippen LogP contribution < -0.4 is 0 Å². The Morgan fingerprint density at radius 3 is 2.00 bits per heavy atom. The van der Waals surface area contributed by atoms with Crippen molar-refractivity contribution >= 4 is 7.94 Å². The third-order valence-electron chi connectivity index (χ3n) is 0.821. The maximum atomic E-state index is 9.15. The van der Waals surface area contributed by atoms with Gasteiger partial charge in [-0.25, -0.2) is 0 Å². The van der Waals surface area contributed by atoms with Crippen molar-refractivity contribution in [2.24, 2.45) is 0 Å². The first-order valence-corrected chi connectivity index (χ1v) is 4.86. The normalized spacial score (nSPS) is 12.6. The Hall–Kier alpha value is -0.200. The zero-order valence-corrected chi connectivity index (χ0v) is 7.13. The summed E-state index contributed by atoms with van der Waals surface area (Å²) in [5.41, 5.74) is 0. The van der Waals surface area contributed by atoms with Gasteiger partial charge in [0.25, 0.3) is 0 Å². The van der Waals surface area contributed by atoms with Crippen LogP contribution in [0.2, 0.25) is 0 Å². The molecule has 0 atom stereocenters. The summed E-state index contributed by atoms with van der Waals surface area (Å²) in [7, 11) is -3.42. The molecule has 0 aliphatic heterocycles. The van der Waals surface area contributed by atoms with Crippen LogP contribution in [-0.2, 0) is 9.05 Å². The molecule has 0 aliphatic carbocycles. The molecule has 10 heavy (non-hydrogen) atoms. The van der Waals surface area contributed by atoms with E-state index in [1.165, 1.54) is 0 Å². The van der Waals surface area contributed by atoms with Gasteiger partial charge in [-0.1, -0.05) is 0 Å². The molecule has 0 rings (SSSR count). The summed E-state index contributed by atoms with van der Waals surface area (Å²) in [6.07, 6.45) is 0. The predicted molar refractivity (Wildman–Crippen MR) is 39.4 cm³/mol. The van der Waals surface area contributed by atoms with Gasteiger partial charge in [0.2, 0.25) is 0 Å². The monoisotopic (exact) mass is 165 g/mol. The molecule has 0 aromatic carbocycles. The second-order valence-electron chi connectivity index (χ2n) is 1.56. The molecule has 0 spiro atoms. The third kappa shape index (κ3) is 3.09. The van der Waals surface area contributed by atoms with Crippen molar-refractivity contribution < 1.29 is 13.9 Å². The van der Waals surface area contributed by atoms with E-state index in [9.17, 15) is 0 Å². The van der Waals surface area contributed by atoms with Crippen LogP contribution in [0.4, 0.5) is 0 Å². The van der Waals surface area contributed by atoms with E-state index in [1.807, 2.05) is 0 Å². The van der Waals surface area contributed by atoms with Gasteiger partial charge in [-0.15, -0.1) is 0 Å². The van der Waals surface area contributed by atoms with E-state index >= 15 is 0 Å². The van der Waals surface area contributed by atoms with Crippen molar-refractivity contribution in [3.63, 3.8) is 0 Å². The second kappa shape index (κ2) is 4.59. The van der Waals surface area contributed by atoms with E-state index in [0.29, 0.717) is 13.2 Å². The van der Waals surface area contributed by atoms with E-state index in [2.05, 4.69) is 0 Å². The number of nitrogens with zero attached hydrogens (tertiary/aromatic N) is 1. The van der Waals surface area contributed by atoms with Gasteiger partial charge >= 0.3 is 60.0 Å². The molecule has 0 saturated carbocycles.